The normalized spacial score (nSPS) is 20.5. The lowest BCUT2D eigenvalue weighted by atomic mass is 9.92. The molecule has 86 valence electrons. The first kappa shape index (κ1) is 12.2. The zero-order chi connectivity index (χ0) is 11.6. The highest BCUT2D eigenvalue weighted by Gasteiger charge is 2.44. The molecule has 15 heavy (non-hydrogen) atoms. The Morgan fingerprint density at radius 2 is 2.00 bits per heavy atom. The fourth-order valence-corrected chi connectivity index (χ4v) is 1.72. The quantitative estimate of drug-likeness (QED) is 0.700. The summed E-state index contributed by atoms with van der Waals surface area (Å²) in [6, 6.07) is 0.380. The van der Waals surface area contributed by atoms with Gasteiger partial charge in [0.2, 0.25) is 11.8 Å². The van der Waals surface area contributed by atoms with Gasteiger partial charge in [0.15, 0.2) is 0 Å². The molecule has 0 unspecified atom stereocenters. The third-order valence-corrected chi connectivity index (χ3v) is 2.61. The summed E-state index contributed by atoms with van der Waals surface area (Å²) in [6.07, 6.45) is 0.341. The van der Waals surface area contributed by atoms with Crippen LogP contribution in [0.4, 0.5) is 0 Å². The van der Waals surface area contributed by atoms with Crippen LogP contribution in [0.5, 0.6) is 0 Å². The number of rotatable bonds is 4. The molecule has 1 rings (SSSR count). The van der Waals surface area contributed by atoms with Crippen LogP contribution in [0.3, 0.4) is 0 Å². The summed E-state index contributed by atoms with van der Waals surface area (Å²) in [7, 11) is 0. The number of hydrogen-bond donors (Lipinski definition) is 1. The maximum absolute atomic E-state index is 11.8. The number of nitrogens with one attached hydrogen (secondary N) is 1. The van der Waals surface area contributed by atoms with Gasteiger partial charge in [-0.3, -0.25) is 14.5 Å². The molecule has 0 aromatic carbocycles. The molecule has 4 nitrogen and oxygen atoms in total. The first-order chi connectivity index (χ1) is 6.84. The molecular weight excluding hydrogens is 192 g/mol. The average molecular weight is 212 g/mol. The second-order valence-electron chi connectivity index (χ2n) is 5.02. The van der Waals surface area contributed by atoms with Gasteiger partial charge >= 0.3 is 0 Å². The minimum absolute atomic E-state index is 0.0435. The van der Waals surface area contributed by atoms with E-state index < -0.39 is 5.41 Å². The van der Waals surface area contributed by atoms with Gasteiger partial charge in [-0.25, -0.2) is 0 Å². The van der Waals surface area contributed by atoms with Gasteiger partial charge in [0.1, 0.15) is 0 Å². The van der Waals surface area contributed by atoms with Gasteiger partial charge in [0.05, 0.1) is 5.41 Å². The molecule has 1 N–H and O–H groups in total. The second-order valence-corrected chi connectivity index (χ2v) is 5.02. The number of hydrogen-bond acceptors (Lipinski definition) is 3. The zero-order valence-electron chi connectivity index (χ0n) is 9.96. The first-order valence-corrected chi connectivity index (χ1v) is 5.43. The molecule has 0 spiro atoms. The number of amides is 2. The van der Waals surface area contributed by atoms with Crippen LogP contribution in [0.15, 0.2) is 0 Å². The van der Waals surface area contributed by atoms with Gasteiger partial charge < -0.3 is 5.32 Å². The van der Waals surface area contributed by atoms with E-state index in [-0.39, 0.29) is 11.8 Å². The van der Waals surface area contributed by atoms with Crippen molar-refractivity contribution in [3.05, 3.63) is 0 Å². The van der Waals surface area contributed by atoms with Crippen LogP contribution < -0.4 is 5.32 Å². The largest absolute Gasteiger partial charge is 0.313 e. The SMILES string of the molecule is CC(C)NCCN1C(=O)CC(C)(C)C1=O. The zero-order valence-corrected chi connectivity index (χ0v) is 9.96. The van der Waals surface area contributed by atoms with Gasteiger partial charge in [0, 0.05) is 25.6 Å². The molecule has 0 aliphatic carbocycles. The van der Waals surface area contributed by atoms with Crippen LogP contribution in [0.2, 0.25) is 0 Å². The van der Waals surface area contributed by atoms with Crippen molar-refractivity contribution >= 4 is 11.8 Å². The number of carbonyl (C=O) groups is 2. The van der Waals surface area contributed by atoms with E-state index in [9.17, 15) is 9.59 Å². The predicted octanol–water partition coefficient (Wildman–Crippen LogP) is 0.769. The number of likely N-dealkylation sites (tertiary alicyclic amines) is 1. The van der Waals surface area contributed by atoms with Crippen molar-refractivity contribution in [2.45, 2.75) is 40.2 Å². The Balaban J connectivity index is 2.49. The molecule has 1 saturated heterocycles. The molecule has 0 atom stereocenters. The Morgan fingerprint density at radius 1 is 1.40 bits per heavy atom. The van der Waals surface area contributed by atoms with Gasteiger partial charge in [-0.1, -0.05) is 27.7 Å². The molecular formula is C11H20N2O2. The Morgan fingerprint density at radius 3 is 2.40 bits per heavy atom. The van der Waals surface area contributed by atoms with Gasteiger partial charge in [0.25, 0.3) is 0 Å². The van der Waals surface area contributed by atoms with Crippen molar-refractivity contribution in [3.63, 3.8) is 0 Å². The molecule has 2 amide bonds. The standard InChI is InChI=1S/C11H20N2O2/c1-8(2)12-5-6-13-9(14)7-11(3,4)10(13)15/h8,12H,5-7H2,1-4H3. The Labute approximate surface area is 91.0 Å². The molecule has 0 aromatic rings. The van der Waals surface area contributed by atoms with Crippen LogP contribution >= 0.6 is 0 Å². The lowest BCUT2D eigenvalue weighted by molar-refractivity contribution is -0.140. The molecule has 0 bridgehead atoms. The van der Waals surface area contributed by atoms with E-state index in [0.717, 1.165) is 0 Å². The maximum Gasteiger partial charge on any atom is 0.235 e. The minimum atomic E-state index is -0.505. The molecule has 1 heterocycles. The topological polar surface area (TPSA) is 49.4 Å². The van der Waals surface area contributed by atoms with Gasteiger partial charge in [-0.15, -0.1) is 0 Å². The highest BCUT2D eigenvalue weighted by atomic mass is 16.2. The molecule has 0 aromatic heterocycles. The van der Waals surface area contributed by atoms with Crippen molar-refractivity contribution in [2.24, 2.45) is 5.41 Å². The smallest absolute Gasteiger partial charge is 0.235 e. The van der Waals surface area contributed by atoms with Crippen molar-refractivity contribution in [3.8, 4) is 0 Å². The van der Waals surface area contributed by atoms with E-state index in [4.69, 9.17) is 0 Å². The Bertz CT molecular complexity index is 272. The van der Waals surface area contributed by atoms with Crippen LogP contribution in [-0.4, -0.2) is 35.8 Å². The fraction of sp³-hybridized carbons (Fsp3) is 0.818. The summed E-state index contributed by atoms with van der Waals surface area (Å²) in [5.74, 6) is -0.0892. The number of carbonyl (C=O) groups excluding carboxylic acids is 2. The molecule has 0 radical (unpaired) electrons. The highest BCUT2D eigenvalue weighted by Crippen LogP contribution is 2.31. The molecule has 0 saturated carbocycles. The van der Waals surface area contributed by atoms with Crippen LogP contribution in [0.25, 0.3) is 0 Å². The molecule has 1 aliphatic heterocycles. The highest BCUT2D eigenvalue weighted by molar-refractivity contribution is 6.05. The second kappa shape index (κ2) is 4.31. The minimum Gasteiger partial charge on any atom is -0.313 e. The maximum atomic E-state index is 11.8. The van der Waals surface area contributed by atoms with E-state index in [1.165, 1.54) is 4.90 Å². The monoisotopic (exact) mass is 212 g/mol. The summed E-state index contributed by atoms with van der Waals surface area (Å²) in [6.45, 7) is 8.88. The Hall–Kier alpha value is -0.900. The fourth-order valence-electron chi connectivity index (χ4n) is 1.72. The van der Waals surface area contributed by atoms with Crippen LogP contribution in [0, 0.1) is 5.41 Å². The summed E-state index contributed by atoms with van der Waals surface area (Å²) in [4.78, 5) is 24.7. The molecule has 1 fully saturated rings. The van der Waals surface area contributed by atoms with E-state index in [1.807, 2.05) is 27.7 Å². The summed E-state index contributed by atoms with van der Waals surface area (Å²) < 4.78 is 0. The molecule has 1 aliphatic rings. The average Bonchev–Trinajstić information content (AvgIpc) is 2.26. The Kier molecular flexibility index (Phi) is 3.50. The van der Waals surface area contributed by atoms with Crippen molar-refractivity contribution in [2.75, 3.05) is 13.1 Å². The summed E-state index contributed by atoms with van der Waals surface area (Å²) in [5.41, 5.74) is -0.505. The van der Waals surface area contributed by atoms with E-state index >= 15 is 0 Å². The predicted molar refractivity (Wildman–Crippen MR) is 58.3 cm³/mol. The van der Waals surface area contributed by atoms with Crippen molar-refractivity contribution < 1.29 is 9.59 Å². The summed E-state index contributed by atoms with van der Waals surface area (Å²) in [5, 5.41) is 3.19. The number of imide groups is 1. The number of nitrogens with zero attached hydrogens (tertiary/aromatic N) is 1. The van der Waals surface area contributed by atoms with Gasteiger partial charge in [-0.2, -0.15) is 0 Å². The third-order valence-electron chi connectivity index (χ3n) is 2.61. The third kappa shape index (κ3) is 2.78. The summed E-state index contributed by atoms with van der Waals surface area (Å²) >= 11 is 0. The van der Waals surface area contributed by atoms with Crippen molar-refractivity contribution in [1.29, 1.82) is 0 Å². The molecule has 4 heteroatoms. The first-order valence-electron chi connectivity index (χ1n) is 5.43. The lowest BCUT2D eigenvalue weighted by Gasteiger charge is -2.18. The van der Waals surface area contributed by atoms with E-state index in [1.54, 1.807) is 0 Å². The lowest BCUT2D eigenvalue weighted by Crippen LogP contribution is -2.39. The van der Waals surface area contributed by atoms with Crippen molar-refractivity contribution in [1.82, 2.24) is 10.2 Å². The van der Waals surface area contributed by atoms with E-state index in [2.05, 4.69) is 5.32 Å². The van der Waals surface area contributed by atoms with Gasteiger partial charge in [-0.05, 0) is 0 Å². The van der Waals surface area contributed by atoms with E-state index in [0.29, 0.717) is 25.6 Å². The van der Waals surface area contributed by atoms with Crippen LogP contribution in [0.1, 0.15) is 34.1 Å². The van der Waals surface area contributed by atoms with Crippen LogP contribution in [-0.2, 0) is 9.59 Å².